The second-order valence-corrected chi connectivity index (χ2v) is 8.69. The molecule has 34 heavy (non-hydrogen) atoms. The Morgan fingerprint density at radius 2 is 1.79 bits per heavy atom. The minimum absolute atomic E-state index is 0.0159. The van der Waals surface area contributed by atoms with Crippen molar-refractivity contribution >= 4 is 17.6 Å². The molecule has 1 saturated carbocycles. The Morgan fingerprint density at radius 1 is 1.03 bits per heavy atom. The zero-order chi connectivity index (χ0) is 24.1. The standard InChI is InChI=1S/C25H33N5O4/c1-4-28(25(32)18-6-5-7-18)17-24(31)30-14-12-29(13-15-30)23-11-10-21(26-27-23)20-9-8-19(33-2)16-22(20)34-3/h8-11,16,18H,4-7,12-15,17H2,1-3H3. The van der Waals surface area contributed by atoms with Crippen LogP contribution in [0.4, 0.5) is 5.82 Å². The third kappa shape index (κ3) is 5.08. The second kappa shape index (κ2) is 10.7. The van der Waals surface area contributed by atoms with Crippen LogP contribution in [0, 0.1) is 5.92 Å². The molecule has 182 valence electrons. The number of methoxy groups -OCH3 is 2. The van der Waals surface area contributed by atoms with Crippen molar-refractivity contribution in [1.82, 2.24) is 20.0 Å². The van der Waals surface area contributed by atoms with E-state index >= 15 is 0 Å². The minimum atomic E-state index is 0.0159. The lowest BCUT2D eigenvalue weighted by atomic mass is 9.84. The number of carbonyl (C=O) groups is 2. The monoisotopic (exact) mass is 467 g/mol. The van der Waals surface area contributed by atoms with Crippen molar-refractivity contribution in [2.24, 2.45) is 5.92 Å². The molecule has 4 rings (SSSR count). The van der Waals surface area contributed by atoms with E-state index < -0.39 is 0 Å². The zero-order valence-electron chi connectivity index (χ0n) is 20.2. The molecule has 0 atom stereocenters. The molecule has 2 aliphatic rings. The van der Waals surface area contributed by atoms with Crippen molar-refractivity contribution in [3.8, 4) is 22.8 Å². The number of carbonyl (C=O) groups excluding carboxylic acids is 2. The molecule has 2 aromatic rings. The maximum atomic E-state index is 12.8. The van der Waals surface area contributed by atoms with Crippen LogP contribution in [0.25, 0.3) is 11.3 Å². The van der Waals surface area contributed by atoms with Crippen LogP contribution < -0.4 is 14.4 Å². The molecule has 0 radical (unpaired) electrons. The van der Waals surface area contributed by atoms with Crippen LogP contribution in [0.5, 0.6) is 11.5 Å². The van der Waals surface area contributed by atoms with Crippen LogP contribution in [0.2, 0.25) is 0 Å². The molecule has 2 heterocycles. The topological polar surface area (TPSA) is 88.1 Å². The third-order valence-corrected chi connectivity index (χ3v) is 6.77. The number of ether oxygens (including phenoxy) is 2. The van der Waals surface area contributed by atoms with Crippen LogP contribution in [0.1, 0.15) is 26.2 Å². The average molecular weight is 468 g/mol. The molecule has 1 aromatic carbocycles. The van der Waals surface area contributed by atoms with Gasteiger partial charge in [-0.25, -0.2) is 0 Å². The molecule has 1 aliphatic carbocycles. The number of nitrogens with zero attached hydrogens (tertiary/aromatic N) is 5. The first-order valence-electron chi connectivity index (χ1n) is 11.9. The summed E-state index contributed by atoms with van der Waals surface area (Å²) >= 11 is 0. The molecule has 0 unspecified atom stereocenters. The largest absolute Gasteiger partial charge is 0.497 e. The normalized spacial score (nSPS) is 16.1. The smallest absolute Gasteiger partial charge is 0.242 e. The quantitative estimate of drug-likeness (QED) is 0.589. The summed E-state index contributed by atoms with van der Waals surface area (Å²) in [6.45, 7) is 5.23. The summed E-state index contributed by atoms with van der Waals surface area (Å²) in [4.78, 5) is 31.0. The number of rotatable bonds is 8. The summed E-state index contributed by atoms with van der Waals surface area (Å²) in [6.07, 6.45) is 3.02. The maximum absolute atomic E-state index is 12.8. The van der Waals surface area contributed by atoms with E-state index in [0.29, 0.717) is 49.9 Å². The van der Waals surface area contributed by atoms with E-state index in [0.717, 1.165) is 30.6 Å². The van der Waals surface area contributed by atoms with Gasteiger partial charge < -0.3 is 24.2 Å². The van der Waals surface area contributed by atoms with Gasteiger partial charge in [-0.3, -0.25) is 9.59 Å². The highest BCUT2D eigenvalue weighted by molar-refractivity contribution is 5.86. The molecular weight excluding hydrogens is 434 g/mol. The van der Waals surface area contributed by atoms with Crippen LogP contribution in [0.15, 0.2) is 30.3 Å². The predicted molar refractivity (Wildman–Crippen MR) is 129 cm³/mol. The Labute approximate surface area is 200 Å². The predicted octanol–water partition coefficient (Wildman–Crippen LogP) is 2.46. The van der Waals surface area contributed by atoms with Crippen LogP contribution >= 0.6 is 0 Å². The van der Waals surface area contributed by atoms with Crippen molar-refractivity contribution in [2.75, 3.05) is 58.4 Å². The van der Waals surface area contributed by atoms with Crippen LogP contribution in [-0.4, -0.2) is 85.3 Å². The number of piperazine rings is 1. The van der Waals surface area contributed by atoms with Gasteiger partial charge in [0.05, 0.1) is 26.5 Å². The molecular formula is C25H33N5O4. The summed E-state index contributed by atoms with van der Waals surface area (Å²) in [7, 11) is 3.23. The van der Waals surface area contributed by atoms with Gasteiger partial charge in [-0.15, -0.1) is 10.2 Å². The molecule has 1 saturated heterocycles. The summed E-state index contributed by atoms with van der Waals surface area (Å²) < 4.78 is 10.7. The Morgan fingerprint density at radius 3 is 2.35 bits per heavy atom. The first kappa shape index (κ1) is 23.8. The number of anilines is 1. The zero-order valence-corrected chi connectivity index (χ0v) is 20.2. The molecule has 0 spiro atoms. The van der Waals surface area contributed by atoms with Gasteiger partial charge in [0.2, 0.25) is 11.8 Å². The summed E-state index contributed by atoms with van der Waals surface area (Å²) in [5.41, 5.74) is 1.56. The summed E-state index contributed by atoms with van der Waals surface area (Å²) in [6, 6.07) is 9.46. The Balaban J connectivity index is 1.33. The van der Waals surface area contributed by atoms with Crippen molar-refractivity contribution in [2.45, 2.75) is 26.2 Å². The highest BCUT2D eigenvalue weighted by atomic mass is 16.5. The van der Waals surface area contributed by atoms with Crippen molar-refractivity contribution < 1.29 is 19.1 Å². The Bertz CT molecular complexity index is 1000. The number of likely N-dealkylation sites (N-methyl/N-ethyl adjacent to an activating group) is 1. The van der Waals surface area contributed by atoms with Crippen LogP contribution in [0.3, 0.4) is 0 Å². The fourth-order valence-corrected chi connectivity index (χ4v) is 4.35. The third-order valence-electron chi connectivity index (χ3n) is 6.77. The molecule has 0 bridgehead atoms. The Kier molecular flexibility index (Phi) is 7.49. The van der Waals surface area contributed by atoms with E-state index in [4.69, 9.17) is 9.47 Å². The molecule has 9 nitrogen and oxygen atoms in total. The first-order chi connectivity index (χ1) is 16.5. The van der Waals surface area contributed by atoms with Gasteiger partial charge in [0.1, 0.15) is 11.5 Å². The van der Waals surface area contributed by atoms with Gasteiger partial charge in [-0.1, -0.05) is 6.42 Å². The molecule has 1 aliphatic heterocycles. The maximum Gasteiger partial charge on any atom is 0.242 e. The van der Waals surface area contributed by atoms with Crippen molar-refractivity contribution in [1.29, 1.82) is 0 Å². The lowest BCUT2D eigenvalue weighted by Gasteiger charge is -2.37. The highest BCUT2D eigenvalue weighted by Crippen LogP contribution is 2.32. The fourth-order valence-electron chi connectivity index (χ4n) is 4.35. The average Bonchev–Trinajstić information content (AvgIpc) is 2.85. The van der Waals surface area contributed by atoms with Gasteiger partial charge in [0.25, 0.3) is 0 Å². The van der Waals surface area contributed by atoms with Gasteiger partial charge >= 0.3 is 0 Å². The van der Waals surface area contributed by atoms with Gasteiger partial charge in [0.15, 0.2) is 5.82 Å². The molecule has 0 N–H and O–H groups in total. The first-order valence-corrected chi connectivity index (χ1v) is 11.9. The SMILES string of the molecule is CCN(CC(=O)N1CCN(c2ccc(-c3ccc(OC)cc3OC)nn2)CC1)C(=O)C1CCC1. The lowest BCUT2D eigenvalue weighted by Crippen LogP contribution is -2.52. The van der Waals surface area contributed by atoms with Gasteiger partial charge in [-0.2, -0.15) is 0 Å². The van der Waals surface area contributed by atoms with E-state index in [1.165, 1.54) is 0 Å². The fraction of sp³-hybridized carbons (Fsp3) is 0.520. The molecule has 9 heteroatoms. The van der Waals surface area contributed by atoms with Gasteiger partial charge in [0, 0.05) is 50.3 Å². The molecule has 2 amide bonds. The van der Waals surface area contributed by atoms with Crippen LogP contribution in [-0.2, 0) is 9.59 Å². The number of hydrogen-bond acceptors (Lipinski definition) is 7. The lowest BCUT2D eigenvalue weighted by molar-refractivity contribution is -0.144. The summed E-state index contributed by atoms with van der Waals surface area (Å²) in [5, 5.41) is 8.82. The molecule has 2 fully saturated rings. The van der Waals surface area contributed by atoms with E-state index in [2.05, 4.69) is 15.1 Å². The number of amides is 2. The highest BCUT2D eigenvalue weighted by Gasteiger charge is 2.31. The summed E-state index contributed by atoms with van der Waals surface area (Å²) in [5.74, 6) is 2.42. The number of benzene rings is 1. The van der Waals surface area contributed by atoms with E-state index in [1.54, 1.807) is 19.1 Å². The van der Waals surface area contributed by atoms with Crippen molar-refractivity contribution in [3.63, 3.8) is 0 Å². The number of aromatic nitrogens is 2. The molecule has 1 aromatic heterocycles. The van der Waals surface area contributed by atoms with Crippen molar-refractivity contribution in [3.05, 3.63) is 30.3 Å². The van der Waals surface area contributed by atoms with E-state index in [9.17, 15) is 9.59 Å². The van der Waals surface area contributed by atoms with Gasteiger partial charge in [-0.05, 0) is 44.0 Å². The van der Waals surface area contributed by atoms with E-state index in [1.807, 2.05) is 42.2 Å². The second-order valence-electron chi connectivity index (χ2n) is 8.69. The Hall–Kier alpha value is -3.36. The minimum Gasteiger partial charge on any atom is -0.497 e. The number of hydrogen-bond donors (Lipinski definition) is 0. The van der Waals surface area contributed by atoms with E-state index in [-0.39, 0.29) is 24.3 Å².